The van der Waals surface area contributed by atoms with Crippen LogP contribution in [0.15, 0.2) is 5.38 Å². The second-order valence-electron chi connectivity index (χ2n) is 4.51. The first-order chi connectivity index (χ1) is 9.17. The number of nitrogens with one attached hydrogen (secondary N) is 1. The van der Waals surface area contributed by atoms with E-state index in [0.717, 1.165) is 17.1 Å². The second kappa shape index (κ2) is 6.65. The summed E-state index contributed by atoms with van der Waals surface area (Å²) in [7, 11) is 1.65. The molecular formula is C12H17ClN2O3S. The van der Waals surface area contributed by atoms with E-state index in [2.05, 4.69) is 10.3 Å². The third-order valence-electron chi connectivity index (χ3n) is 3.16. The topological polar surface area (TPSA) is 60.5 Å². The summed E-state index contributed by atoms with van der Waals surface area (Å²) in [6, 6.07) is 0. The van der Waals surface area contributed by atoms with Gasteiger partial charge in [-0.2, -0.15) is 0 Å². The lowest BCUT2D eigenvalue weighted by Crippen LogP contribution is -2.45. The lowest BCUT2D eigenvalue weighted by molar-refractivity contribution is -0.122. The summed E-state index contributed by atoms with van der Waals surface area (Å²) in [5.74, 6) is 0.321. The van der Waals surface area contributed by atoms with Gasteiger partial charge in [-0.1, -0.05) is 0 Å². The molecule has 19 heavy (non-hydrogen) atoms. The molecule has 1 N–H and O–H groups in total. The van der Waals surface area contributed by atoms with Crippen LogP contribution in [0.5, 0.6) is 0 Å². The van der Waals surface area contributed by atoms with Gasteiger partial charge in [-0.25, -0.2) is 4.98 Å². The zero-order valence-corrected chi connectivity index (χ0v) is 12.4. The Kier molecular flexibility index (Phi) is 5.15. The lowest BCUT2D eigenvalue weighted by Gasteiger charge is -2.25. The van der Waals surface area contributed by atoms with E-state index in [-0.39, 0.29) is 17.9 Å². The molecule has 0 saturated carbocycles. The van der Waals surface area contributed by atoms with Crippen molar-refractivity contribution in [1.82, 2.24) is 10.3 Å². The first-order valence-corrected chi connectivity index (χ1v) is 7.48. The number of ether oxygens (including phenoxy) is 2. The van der Waals surface area contributed by atoms with Crippen molar-refractivity contribution < 1.29 is 14.3 Å². The van der Waals surface area contributed by atoms with Crippen molar-refractivity contribution in [3.8, 4) is 0 Å². The van der Waals surface area contributed by atoms with Crippen LogP contribution in [0.1, 0.15) is 17.1 Å². The van der Waals surface area contributed by atoms with Crippen molar-refractivity contribution >= 4 is 28.8 Å². The molecule has 1 aliphatic heterocycles. The number of carbonyl (C=O) groups excluding carboxylic acids is 1. The van der Waals surface area contributed by atoms with E-state index in [0.29, 0.717) is 25.6 Å². The monoisotopic (exact) mass is 304 g/mol. The highest BCUT2D eigenvalue weighted by molar-refractivity contribution is 7.09. The van der Waals surface area contributed by atoms with E-state index >= 15 is 0 Å². The van der Waals surface area contributed by atoms with Crippen LogP contribution in [0, 0.1) is 0 Å². The Morgan fingerprint density at radius 1 is 1.74 bits per heavy atom. The van der Waals surface area contributed by atoms with E-state index in [4.69, 9.17) is 21.1 Å². The normalized spacial score (nSPS) is 22.6. The summed E-state index contributed by atoms with van der Waals surface area (Å²) < 4.78 is 10.8. The number of methoxy groups -OCH3 is 1. The number of alkyl halides is 1. The molecule has 0 aromatic carbocycles. The summed E-state index contributed by atoms with van der Waals surface area (Å²) in [4.78, 5) is 16.1. The maximum atomic E-state index is 11.9. The van der Waals surface area contributed by atoms with Gasteiger partial charge in [0.05, 0.1) is 24.6 Å². The molecule has 2 heterocycles. The smallest absolute Gasteiger partial charge is 0.226 e. The fourth-order valence-electron chi connectivity index (χ4n) is 1.91. The minimum atomic E-state index is -0.375. The molecule has 0 radical (unpaired) electrons. The molecule has 1 saturated heterocycles. The van der Waals surface area contributed by atoms with Crippen LogP contribution in [0.25, 0.3) is 0 Å². The molecule has 1 aliphatic rings. The third kappa shape index (κ3) is 3.89. The quantitative estimate of drug-likeness (QED) is 0.806. The maximum absolute atomic E-state index is 11.9. The number of amides is 1. The SMILES string of the molecule is COC1(CNC(=O)Cc2nc(CCl)cs2)CCOC1. The number of halogens is 1. The average Bonchev–Trinajstić information content (AvgIpc) is 3.06. The predicted octanol–water partition coefficient (Wildman–Crippen LogP) is 1.35. The fourth-order valence-corrected chi connectivity index (χ4v) is 2.93. The van der Waals surface area contributed by atoms with Gasteiger partial charge in [0.15, 0.2) is 0 Å². The Balaban J connectivity index is 1.81. The van der Waals surface area contributed by atoms with Gasteiger partial charge in [-0.15, -0.1) is 22.9 Å². The van der Waals surface area contributed by atoms with Gasteiger partial charge in [0.1, 0.15) is 10.6 Å². The summed E-state index contributed by atoms with van der Waals surface area (Å²) in [5.41, 5.74) is 0.437. The van der Waals surface area contributed by atoms with E-state index in [1.165, 1.54) is 11.3 Å². The molecule has 1 atom stereocenters. The third-order valence-corrected chi connectivity index (χ3v) is 4.33. The van der Waals surface area contributed by atoms with Crippen LogP contribution in [-0.2, 0) is 26.6 Å². The molecule has 2 rings (SSSR count). The molecule has 0 spiro atoms. The van der Waals surface area contributed by atoms with Gasteiger partial charge < -0.3 is 14.8 Å². The van der Waals surface area contributed by atoms with E-state index in [1.54, 1.807) is 7.11 Å². The van der Waals surface area contributed by atoms with Gasteiger partial charge in [0, 0.05) is 32.1 Å². The Bertz CT molecular complexity index is 432. The Labute approximate surface area is 121 Å². The fraction of sp³-hybridized carbons (Fsp3) is 0.667. The van der Waals surface area contributed by atoms with E-state index in [1.807, 2.05) is 5.38 Å². The minimum Gasteiger partial charge on any atom is -0.378 e. The number of rotatable bonds is 6. The molecule has 1 aromatic heterocycles. The van der Waals surface area contributed by atoms with Crippen LogP contribution in [0.3, 0.4) is 0 Å². The zero-order valence-electron chi connectivity index (χ0n) is 10.8. The molecule has 1 unspecified atom stereocenters. The molecule has 7 heteroatoms. The van der Waals surface area contributed by atoms with Crippen molar-refractivity contribution in [1.29, 1.82) is 0 Å². The highest BCUT2D eigenvalue weighted by Crippen LogP contribution is 2.21. The first-order valence-electron chi connectivity index (χ1n) is 6.06. The van der Waals surface area contributed by atoms with Gasteiger partial charge >= 0.3 is 0 Å². The van der Waals surface area contributed by atoms with Crippen LogP contribution in [0.2, 0.25) is 0 Å². The molecule has 5 nitrogen and oxygen atoms in total. The largest absolute Gasteiger partial charge is 0.378 e. The standard InChI is InChI=1S/C12H17ClN2O3S/c1-17-12(2-3-18-8-12)7-14-10(16)4-11-15-9(5-13)6-19-11/h6H,2-5,7-8H2,1H3,(H,14,16). The van der Waals surface area contributed by atoms with Gasteiger partial charge in [-0.3, -0.25) is 4.79 Å². The minimum absolute atomic E-state index is 0.0567. The predicted molar refractivity (Wildman–Crippen MR) is 73.6 cm³/mol. The molecular weight excluding hydrogens is 288 g/mol. The Hall–Kier alpha value is -0.690. The zero-order chi connectivity index (χ0) is 13.7. The van der Waals surface area contributed by atoms with Crippen molar-refractivity contribution in [2.75, 3.05) is 26.9 Å². The number of hydrogen-bond acceptors (Lipinski definition) is 5. The number of carbonyl (C=O) groups is 1. The van der Waals surface area contributed by atoms with Crippen LogP contribution < -0.4 is 5.32 Å². The van der Waals surface area contributed by atoms with Crippen molar-refractivity contribution in [3.63, 3.8) is 0 Å². The number of aromatic nitrogens is 1. The lowest BCUT2D eigenvalue weighted by atomic mass is 10.0. The molecule has 0 aliphatic carbocycles. The molecule has 1 aromatic rings. The Morgan fingerprint density at radius 3 is 3.16 bits per heavy atom. The molecule has 1 fully saturated rings. The summed E-state index contributed by atoms with van der Waals surface area (Å²) in [6.07, 6.45) is 1.08. The Morgan fingerprint density at radius 2 is 2.58 bits per heavy atom. The van der Waals surface area contributed by atoms with Crippen LogP contribution >= 0.6 is 22.9 Å². The maximum Gasteiger partial charge on any atom is 0.226 e. The summed E-state index contributed by atoms with van der Waals surface area (Å²) in [6.45, 7) is 1.67. The van der Waals surface area contributed by atoms with Gasteiger partial charge in [-0.05, 0) is 0 Å². The van der Waals surface area contributed by atoms with Crippen molar-refractivity contribution in [2.24, 2.45) is 0 Å². The molecule has 106 valence electrons. The van der Waals surface area contributed by atoms with Gasteiger partial charge in [0.2, 0.25) is 5.91 Å². The summed E-state index contributed by atoms with van der Waals surface area (Å²) >= 11 is 7.13. The highest BCUT2D eigenvalue weighted by Gasteiger charge is 2.35. The van der Waals surface area contributed by atoms with Crippen molar-refractivity contribution in [2.45, 2.75) is 24.3 Å². The van der Waals surface area contributed by atoms with E-state index in [9.17, 15) is 4.79 Å². The first kappa shape index (κ1) is 14.7. The van der Waals surface area contributed by atoms with Crippen LogP contribution in [0.4, 0.5) is 0 Å². The molecule has 1 amide bonds. The van der Waals surface area contributed by atoms with Crippen LogP contribution in [-0.4, -0.2) is 43.4 Å². The van der Waals surface area contributed by atoms with Gasteiger partial charge in [0.25, 0.3) is 0 Å². The number of hydrogen-bond donors (Lipinski definition) is 1. The second-order valence-corrected chi connectivity index (χ2v) is 5.72. The average molecular weight is 305 g/mol. The highest BCUT2D eigenvalue weighted by atomic mass is 35.5. The summed E-state index contributed by atoms with van der Waals surface area (Å²) in [5, 5.41) is 5.53. The molecule has 0 bridgehead atoms. The van der Waals surface area contributed by atoms with E-state index < -0.39 is 0 Å². The number of nitrogens with zero attached hydrogens (tertiary/aromatic N) is 1. The van der Waals surface area contributed by atoms with Crippen molar-refractivity contribution in [3.05, 3.63) is 16.1 Å². The number of thiazole rings is 1.